The number of likely N-dealkylation sites (N-methyl/N-ethyl adjacent to an activating group) is 1. The van der Waals surface area contributed by atoms with Crippen LogP contribution >= 0.6 is 0 Å². The first-order chi connectivity index (χ1) is 8.36. The summed E-state index contributed by atoms with van der Waals surface area (Å²) in [7, 11) is 0. The van der Waals surface area contributed by atoms with Crippen LogP contribution in [-0.2, 0) is 6.42 Å². The van der Waals surface area contributed by atoms with Crippen molar-refractivity contribution in [2.75, 3.05) is 6.54 Å². The van der Waals surface area contributed by atoms with Gasteiger partial charge in [0, 0.05) is 17.7 Å². The van der Waals surface area contributed by atoms with E-state index in [4.69, 9.17) is 0 Å². The third kappa shape index (κ3) is 3.81. The van der Waals surface area contributed by atoms with Gasteiger partial charge in [-0.2, -0.15) is 0 Å². The third-order valence-corrected chi connectivity index (χ3v) is 3.11. The zero-order valence-corrected chi connectivity index (χ0v) is 11.6. The van der Waals surface area contributed by atoms with Crippen LogP contribution in [0.1, 0.15) is 33.3 Å². The van der Waals surface area contributed by atoms with Crippen LogP contribution in [0.5, 0.6) is 0 Å². The Balaban J connectivity index is 2.97. The smallest absolute Gasteiger partial charge is 0.272 e. The highest BCUT2D eigenvalue weighted by molar-refractivity contribution is 5.40. The summed E-state index contributed by atoms with van der Waals surface area (Å²) < 4.78 is 0. The van der Waals surface area contributed by atoms with E-state index in [2.05, 4.69) is 33.0 Å². The maximum atomic E-state index is 11.0. The number of benzene rings is 1. The molecule has 1 atom stereocenters. The molecule has 0 radical (unpaired) electrons. The number of nitrogens with zero attached hydrogens (tertiary/aromatic N) is 1. The average Bonchev–Trinajstić information content (AvgIpc) is 2.27. The number of para-hydroxylation sites is 1. The molecule has 4 heteroatoms. The Bertz CT molecular complexity index is 411. The Labute approximate surface area is 109 Å². The van der Waals surface area contributed by atoms with E-state index in [-0.39, 0.29) is 22.1 Å². The van der Waals surface area contributed by atoms with Crippen LogP contribution in [0.4, 0.5) is 5.69 Å². The van der Waals surface area contributed by atoms with Crippen LogP contribution in [0.25, 0.3) is 0 Å². The largest absolute Gasteiger partial charge is 0.313 e. The molecule has 1 rings (SSSR count). The van der Waals surface area contributed by atoms with Gasteiger partial charge in [0.05, 0.1) is 4.92 Å². The van der Waals surface area contributed by atoms with E-state index in [0.717, 1.165) is 12.1 Å². The van der Waals surface area contributed by atoms with Crippen LogP contribution in [0.3, 0.4) is 0 Å². The van der Waals surface area contributed by atoms with Gasteiger partial charge < -0.3 is 5.32 Å². The van der Waals surface area contributed by atoms with E-state index >= 15 is 0 Å². The molecule has 4 nitrogen and oxygen atoms in total. The van der Waals surface area contributed by atoms with Gasteiger partial charge in [0.15, 0.2) is 0 Å². The van der Waals surface area contributed by atoms with Gasteiger partial charge in [0.25, 0.3) is 5.69 Å². The lowest BCUT2D eigenvalue weighted by Crippen LogP contribution is -2.42. The number of nitrogens with one attached hydrogen (secondary N) is 1. The lowest BCUT2D eigenvalue weighted by molar-refractivity contribution is -0.385. The van der Waals surface area contributed by atoms with Gasteiger partial charge >= 0.3 is 0 Å². The fraction of sp³-hybridized carbons (Fsp3) is 0.571. The zero-order valence-electron chi connectivity index (χ0n) is 11.6. The molecule has 0 bridgehead atoms. The Morgan fingerprint density at radius 1 is 1.33 bits per heavy atom. The highest BCUT2D eigenvalue weighted by Gasteiger charge is 2.26. The predicted octanol–water partition coefficient (Wildman–Crippen LogP) is 3.16. The average molecular weight is 250 g/mol. The topological polar surface area (TPSA) is 55.2 Å². The Kier molecular flexibility index (Phi) is 4.84. The lowest BCUT2D eigenvalue weighted by atomic mass is 9.82. The predicted molar refractivity (Wildman–Crippen MR) is 73.7 cm³/mol. The van der Waals surface area contributed by atoms with Crippen molar-refractivity contribution in [1.82, 2.24) is 5.32 Å². The maximum Gasteiger partial charge on any atom is 0.272 e. The first-order valence-electron chi connectivity index (χ1n) is 6.32. The molecule has 1 aromatic carbocycles. The highest BCUT2D eigenvalue weighted by atomic mass is 16.6. The zero-order chi connectivity index (χ0) is 13.8. The molecule has 0 amide bonds. The highest BCUT2D eigenvalue weighted by Crippen LogP contribution is 2.26. The van der Waals surface area contributed by atoms with E-state index in [0.29, 0.717) is 6.42 Å². The van der Waals surface area contributed by atoms with Crippen molar-refractivity contribution < 1.29 is 4.92 Å². The summed E-state index contributed by atoms with van der Waals surface area (Å²) in [5, 5.41) is 14.4. The summed E-state index contributed by atoms with van der Waals surface area (Å²) in [5.41, 5.74) is 1.08. The molecule has 0 aromatic heterocycles. The van der Waals surface area contributed by atoms with E-state index < -0.39 is 0 Å². The van der Waals surface area contributed by atoms with Gasteiger partial charge in [-0.1, -0.05) is 45.9 Å². The van der Waals surface area contributed by atoms with E-state index in [1.807, 2.05) is 12.1 Å². The summed E-state index contributed by atoms with van der Waals surface area (Å²) in [6.45, 7) is 9.36. The molecule has 1 aromatic rings. The molecule has 0 spiro atoms. The second-order valence-corrected chi connectivity index (χ2v) is 5.57. The first kappa shape index (κ1) is 14.6. The molecule has 0 aliphatic heterocycles. The van der Waals surface area contributed by atoms with Crippen LogP contribution in [-0.4, -0.2) is 17.5 Å². The summed E-state index contributed by atoms with van der Waals surface area (Å²) in [5.74, 6) is 0. The van der Waals surface area contributed by atoms with Crippen molar-refractivity contribution in [1.29, 1.82) is 0 Å². The molecular formula is C14H22N2O2. The van der Waals surface area contributed by atoms with Gasteiger partial charge in [-0.3, -0.25) is 10.1 Å². The van der Waals surface area contributed by atoms with Crippen molar-refractivity contribution in [3.63, 3.8) is 0 Å². The molecule has 0 aliphatic carbocycles. The molecule has 1 N–H and O–H groups in total. The molecule has 0 saturated carbocycles. The molecule has 0 fully saturated rings. The number of rotatable bonds is 5. The summed E-state index contributed by atoms with van der Waals surface area (Å²) >= 11 is 0. The second kappa shape index (κ2) is 5.96. The van der Waals surface area contributed by atoms with Gasteiger partial charge in [-0.15, -0.1) is 0 Å². The number of nitro groups is 1. The molecule has 0 aliphatic rings. The van der Waals surface area contributed by atoms with Gasteiger partial charge in [-0.05, 0) is 18.4 Å². The van der Waals surface area contributed by atoms with E-state index in [1.165, 1.54) is 0 Å². The minimum absolute atomic E-state index is 0.0692. The monoisotopic (exact) mass is 250 g/mol. The molecule has 0 heterocycles. The molecule has 18 heavy (non-hydrogen) atoms. The standard InChI is InChI=1S/C14H22N2O2/c1-5-15-13(14(2,3)4)10-11-8-6-7-9-12(11)16(17)18/h6-9,13,15H,5,10H2,1-4H3. The summed E-state index contributed by atoms with van der Waals surface area (Å²) in [4.78, 5) is 10.7. The van der Waals surface area contributed by atoms with Crippen LogP contribution in [0, 0.1) is 15.5 Å². The van der Waals surface area contributed by atoms with Crippen LogP contribution in [0.15, 0.2) is 24.3 Å². The summed E-state index contributed by atoms with van der Waals surface area (Å²) in [6.07, 6.45) is 0.675. The maximum absolute atomic E-state index is 11.0. The van der Waals surface area contributed by atoms with Gasteiger partial charge in [0.1, 0.15) is 0 Å². The second-order valence-electron chi connectivity index (χ2n) is 5.57. The Morgan fingerprint density at radius 3 is 2.44 bits per heavy atom. The third-order valence-electron chi connectivity index (χ3n) is 3.11. The van der Waals surface area contributed by atoms with Crippen LogP contribution < -0.4 is 5.32 Å². The Morgan fingerprint density at radius 2 is 1.94 bits per heavy atom. The van der Waals surface area contributed by atoms with Crippen molar-refractivity contribution in [2.24, 2.45) is 5.41 Å². The fourth-order valence-corrected chi connectivity index (χ4v) is 2.01. The number of nitro benzene ring substituents is 1. The molecular weight excluding hydrogens is 228 g/mol. The fourth-order valence-electron chi connectivity index (χ4n) is 2.01. The quantitative estimate of drug-likeness (QED) is 0.645. The van der Waals surface area contributed by atoms with Crippen molar-refractivity contribution in [3.8, 4) is 0 Å². The Hall–Kier alpha value is -1.42. The van der Waals surface area contributed by atoms with Crippen LogP contribution in [0.2, 0.25) is 0 Å². The van der Waals surface area contributed by atoms with E-state index in [9.17, 15) is 10.1 Å². The number of hydrogen-bond donors (Lipinski definition) is 1. The normalized spacial score (nSPS) is 13.3. The van der Waals surface area contributed by atoms with E-state index in [1.54, 1.807) is 12.1 Å². The summed E-state index contributed by atoms with van der Waals surface area (Å²) in [6, 6.07) is 7.20. The molecule has 0 saturated heterocycles. The first-order valence-corrected chi connectivity index (χ1v) is 6.32. The minimum atomic E-state index is -0.305. The SMILES string of the molecule is CCNC(Cc1ccccc1[N+](=O)[O-])C(C)(C)C. The van der Waals surface area contributed by atoms with Crippen molar-refractivity contribution >= 4 is 5.69 Å². The molecule has 100 valence electrons. The molecule has 1 unspecified atom stereocenters. The number of hydrogen-bond acceptors (Lipinski definition) is 3. The van der Waals surface area contributed by atoms with Gasteiger partial charge in [0.2, 0.25) is 0 Å². The van der Waals surface area contributed by atoms with Crippen molar-refractivity contribution in [3.05, 3.63) is 39.9 Å². The lowest BCUT2D eigenvalue weighted by Gasteiger charge is -2.31. The minimum Gasteiger partial charge on any atom is -0.313 e. The van der Waals surface area contributed by atoms with Crippen molar-refractivity contribution in [2.45, 2.75) is 40.2 Å². The van der Waals surface area contributed by atoms with Gasteiger partial charge in [-0.25, -0.2) is 0 Å².